The predicted octanol–water partition coefficient (Wildman–Crippen LogP) is 7.70. The number of carbonyl (C=O) groups excluding carboxylic acids is 1. The summed E-state index contributed by atoms with van der Waals surface area (Å²) in [7, 11) is 0. The van der Waals surface area contributed by atoms with E-state index in [1.54, 1.807) is 0 Å². The molecule has 0 atom stereocenters. The molecule has 0 N–H and O–H groups in total. The lowest BCUT2D eigenvalue weighted by atomic mass is 9.73. The molecular formula is C31H40O3S. The molecule has 0 amide bonds. The number of hydrogen-bond donors (Lipinski definition) is 0. The summed E-state index contributed by atoms with van der Waals surface area (Å²) in [4.78, 5) is 12.9. The van der Waals surface area contributed by atoms with Crippen molar-refractivity contribution in [3.05, 3.63) is 58.7 Å². The maximum atomic E-state index is 11.7. The zero-order chi connectivity index (χ0) is 25.5. The molecule has 0 saturated heterocycles. The van der Waals surface area contributed by atoms with Gasteiger partial charge in [-0.2, -0.15) is 0 Å². The first-order valence-electron chi connectivity index (χ1n) is 12.9. The molecule has 0 fully saturated rings. The lowest BCUT2D eigenvalue weighted by Gasteiger charge is -2.42. The van der Waals surface area contributed by atoms with E-state index in [1.807, 2.05) is 43.0 Å². The molecule has 3 rings (SSSR count). The van der Waals surface area contributed by atoms with E-state index < -0.39 is 0 Å². The highest BCUT2D eigenvalue weighted by molar-refractivity contribution is 7.99. The third-order valence-electron chi connectivity index (χ3n) is 6.27. The van der Waals surface area contributed by atoms with Gasteiger partial charge >= 0.3 is 5.97 Å². The molecule has 0 unspecified atom stereocenters. The first kappa shape index (κ1) is 27.2. The molecule has 1 heterocycles. The zero-order valence-electron chi connectivity index (χ0n) is 22.3. The lowest BCUT2D eigenvalue weighted by molar-refractivity contribution is -0.142. The molecule has 0 saturated carbocycles. The van der Waals surface area contributed by atoms with Gasteiger partial charge < -0.3 is 9.47 Å². The standard InChI is InChI=1S/C31H40O3S/c1-7-9-10-11-18-35-28-21-27-26(30(3,4)22-31(5,6)34-27)20-25(28)17-16-23-12-14-24(15-13-23)19-29(32)33-8-2/h12-15,20-21H,7-11,18-19,22H2,1-6H3. The van der Waals surface area contributed by atoms with Crippen molar-refractivity contribution in [1.29, 1.82) is 0 Å². The van der Waals surface area contributed by atoms with E-state index in [1.165, 1.54) is 36.1 Å². The minimum Gasteiger partial charge on any atom is -0.487 e. The Morgan fingerprint density at radius 1 is 1.03 bits per heavy atom. The van der Waals surface area contributed by atoms with E-state index >= 15 is 0 Å². The van der Waals surface area contributed by atoms with Crippen LogP contribution in [0, 0.1) is 11.8 Å². The molecule has 0 bridgehead atoms. The van der Waals surface area contributed by atoms with Crippen molar-refractivity contribution in [2.24, 2.45) is 0 Å². The van der Waals surface area contributed by atoms with Crippen LogP contribution >= 0.6 is 11.8 Å². The van der Waals surface area contributed by atoms with Gasteiger partial charge in [0.25, 0.3) is 0 Å². The number of benzene rings is 2. The Balaban J connectivity index is 1.87. The van der Waals surface area contributed by atoms with Crippen LogP contribution in [-0.4, -0.2) is 23.9 Å². The second kappa shape index (κ2) is 12.0. The molecular weight excluding hydrogens is 452 g/mol. The average molecular weight is 493 g/mol. The quantitative estimate of drug-likeness (QED) is 0.155. The van der Waals surface area contributed by atoms with Gasteiger partial charge in [0.2, 0.25) is 0 Å². The maximum Gasteiger partial charge on any atom is 0.310 e. The Labute approximate surface area is 216 Å². The topological polar surface area (TPSA) is 35.5 Å². The largest absolute Gasteiger partial charge is 0.487 e. The first-order chi connectivity index (χ1) is 16.6. The zero-order valence-corrected chi connectivity index (χ0v) is 23.1. The van der Waals surface area contributed by atoms with E-state index in [0.717, 1.165) is 34.6 Å². The van der Waals surface area contributed by atoms with Crippen molar-refractivity contribution >= 4 is 17.7 Å². The molecule has 1 aliphatic heterocycles. The van der Waals surface area contributed by atoms with E-state index in [-0.39, 0.29) is 23.4 Å². The van der Waals surface area contributed by atoms with Crippen molar-refractivity contribution in [2.75, 3.05) is 12.4 Å². The number of thioether (sulfide) groups is 1. The number of unbranched alkanes of at least 4 members (excludes halogenated alkanes) is 3. The van der Waals surface area contributed by atoms with Crippen LogP contribution in [0.1, 0.15) is 95.9 Å². The van der Waals surface area contributed by atoms with Gasteiger partial charge in [-0.15, -0.1) is 11.8 Å². The molecule has 0 radical (unpaired) electrons. The van der Waals surface area contributed by atoms with Crippen LogP contribution in [-0.2, 0) is 21.4 Å². The van der Waals surface area contributed by atoms with Gasteiger partial charge in [0.15, 0.2) is 0 Å². The van der Waals surface area contributed by atoms with Crippen LogP contribution in [0.2, 0.25) is 0 Å². The first-order valence-corrected chi connectivity index (χ1v) is 13.9. The van der Waals surface area contributed by atoms with Crippen molar-refractivity contribution in [1.82, 2.24) is 0 Å². The van der Waals surface area contributed by atoms with Gasteiger partial charge in [0, 0.05) is 21.6 Å². The minimum atomic E-state index is -0.200. The summed E-state index contributed by atoms with van der Waals surface area (Å²) in [5.41, 5.74) is 4.01. The molecule has 3 nitrogen and oxygen atoms in total. The molecule has 0 aliphatic carbocycles. The Kier molecular flexibility index (Phi) is 9.36. The molecule has 188 valence electrons. The number of ether oxygens (including phenoxy) is 2. The Morgan fingerprint density at radius 3 is 2.46 bits per heavy atom. The van der Waals surface area contributed by atoms with Gasteiger partial charge in [0.05, 0.1) is 13.0 Å². The highest BCUT2D eigenvalue weighted by Gasteiger charge is 2.39. The summed E-state index contributed by atoms with van der Waals surface area (Å²) in [6, 6.07) is 12.3. The smallest absolute Gasteiger partial charge is 0.310 e. The van der Waals surface area contributed by atoms with Crippen LogP contribution in [0.3, 0.4) is 0 Å². The summed E-state index contributed by atoms with van der Waals surface area (Å²) in [6.07, 6.45) is 6.26. The van der Waals surface area contributed by atoms with E-state index in [0.29, 0.717) is 6.61 Å². The number of hydrogen-bond acceptors (Lipinski definition) is 4. The summed E-state index contributed by atoms with van der Waals surface area (Å²) < 4.78 is 11.5. The fraction of sp³-hybridized carbons (Fsp3) is 0.516. The minimum absolute atomic E-state index is 0.0204. The lowest BCUT2D eigenvalue weighted by Crippen LogP contribution is -2.41. The summed E-state index contributed by atoms with van der Waals surface area (Å²) in [5, 5.41) is 0. The van der Waals surface area contributed by atoms with Gasteiger partial charge in [-0.1, -0.05) is 64.0 Å². The summed E-state index contributed by atoms with van der Waals surface area (Å²) >= 11 is 1.89. The molecule has 0 spiro atoms. The summed E-state index contributed by atoms with van der Waals surface area (Å²) in [5.74, 6) is 8.68. The van der Waals surface area contributed by atoms with Crippen LogP contribution in [0.25, 0.3) is 0 Å². The molecule has 35 heavy (non-hydrogen) atoms. The highest BCUT2D eigenvalue weighted by atomic mass is 32.2. The summed E-state index contributed by atoms with van der Waals surface area (Å²) in [6.45, 7) is 13.4. The fourth-order valence-electron chi connectivity index (χ4n) is 4.82. The van der Waals surface area contributed by atoms with Crippen molar-refractivity contribution in [3.8, 4) is 17.6 Å². The molecule has 0 aromatic heterocycles. The normalized spacial score (nSPS) is 15.4. The van der Waals surface area contributed by atoms with Gasteiger partial charge in [-0.05, 0) is 74.6 Å². The SMILES string of the molecule is CCCCCCSc1cc2c(cc1C#Cc1ccc(CC(=O)OCC)cc1)C(C)(C)CC(C)(C)O2. The molecule has 2 aromatic rings. The number of rotatable bonds is 9. The fourth-order valence-corrected chi connectivity index (χ4v) is 5.84. The predicted molar refractivity (Wildman–Crippen MR) is 146 cm³/mol. The third kappa shape index (κ3) is 7.80. The van der Waals surface area contributed by atoms with Gasteiger partial charge in [-0.3, -0.25) is 4.79 Å². The third-order valence-corrected chi connectivity index (χ3v) is 7.41. The van der Waals surface area contributed by atoms with Crippen LogP contribution in [0.15, 0.2) is 41.3 Å². The van der Waals surface area contributed by atoms with Crippen molar-refractivity contribution in [3.63, 3.8) is 0 Å². The monoisotopic (exact) mass is 492 g/mol. The second-order valence-electron chi connectivity index (χ2n) is 10.6. The molecule has 2 aromatic carbocycles. The number of fused-ring (bicyclic) bond motifs is 1. The molecule has 1 aliphatic rings. The Bertz CT molecular complexity index is 1070. The average Bonchev–Trinajstić information content (AvgIpc) is 2.77. The van der Waals surface area contributed by atoms with Crippen molar-refractivity contribution in [2.45, 2.75) is 96.0 Å². The number of esters is 1. The van der Waals surface area contributed by atoms with Gasteiger partial charge in [-0.25, -0.2) is 0 Å². The second-order valence-corrected chi connectivity index (χ2v) is 11.7. The van der Waals surface area contributed by atoms with Crippen LogP contribution in [0.4, 0.5) is 0 Å². The van der Waals surface area contributed by atoms with Crippen LogP contribution in [0.5, 0.6) is 5.75 Å². The highest BCUT2D eigenvalue weighted by Crippen LogP contribution is 2.46. The van der Waals surface area contributed by atoms with E-state index in [2.05, 4.69) is 58.6 Å². The van der Waals surface area contributed by atoms with E-state index in [9.17, 15) is 4.79 Å². The Morgan fingerprint density at radius 2 is 1.77 bits per heavy atom. The van der Waals surface area contributed by atoms with Crippen molar-refractivity contribution < 1.29 is 14.3 Å². The van der Waals surface area contributed by atoms with Gasteiger partial charge in [0.1, 0.15) is 11.4 Å². The maximum absolute atomic E-state index is 11.7. The van der Waals surface area contributed by atoms with Crippen LogP contribution < -0.4 is 4.74 Å². The number of carbonyl (C=O) groups is 1. The molecule has 4 heteroatoms. The Hall–Kier alpha value is -2.38. The van der Waals surface area contributed by atoms with E-state index in [4.69, 9.17) is 9.47 Å².